The number of carbonyl (C=O) groups excluding carboxylic acids is 2. The quantitative estimate of drug-likeness (QED) is 0.755. The lowest BCUT2D eigenvalue weighted by atomic mass is 9.97. The number of amides is 1. The summed E-state index contributed by atoms with van der Waals surface area (Å²) < 4.78 is 7.37. The molecule has 3 rings (SSSR count). The predicted octanol–water partition coefficient (Wildman–Crippen LogP) is 3.51. The van der Waals surface area contributed by atoms with Crippen molar-refractivity contribution in [3.63, 3.8) is 0 Å². The first-order valence-electron chi connectivity index (χ1n) is 9.94. The predicted molar refractivity (Wildman–Crippen MR) is 107 cm³/mol. The molecule has 0 N–H and O–H groups in total. The highest BCUT2D eigenvalue weighted by molar-refractivity contribution is 5.98. The van der Waals surface area contributed by atoms with Gasteiger partial charge in [-0.15, -0.1) is 0 Å². The lowest BCUT2D eigenvalue weighted by Gasteiger charge is -2.33. The maximum atomic E-state index is 13.2. The van der Waals surface area contributed by atoms with Gasteiger partial charge in [-0.2, -0.15) is 5.10 Å². The zero-order valence-electron chi connectivity index (χ0n) is 17.7. The number of nitrogens with zero attached hydrogens (tertiary/aromatic N) is 4. The van der Waals surface area contributed by atoms with Crippen molar-refractivity contribution in [3.05, 3.63) is 23.5 Å². The Morgan fingerprint density at radius 2 is 2.00 bits per heavy atom. The van der Waals surface area contributed by atoms with Crippen molar-refractivity contribution in [1.29, 1.82) is 0 Å². The van der Waals surface area contributed by atoms with Gasteiger partial charge in [-0.25, -0.2) is 9.67 Å². The van der Waals surface area contributed by atoms with Gasteiger partial charge in [-0.1, -0.05) is 0 Å². The number of hydrogen-bond acceptors (Lipinski definition) is 5. The van der Waals surface area contributed by atoms with Crippen molar-refractivity contribution in [1.82, 2.24) is 19.7 Å². The van der Waals surface area contributed by atoms with Crippen LogP contribution in [-0.2, 0) is 9.53 Å². The lowest BCUT2D eigenvalue weighted by Crippen LogP contribution is -2.44. The van der Waals surface area contributed by atoms with Crippen LogP contribution in [0.25, 0.3) is 11.0 Å². The fraction of sp³-hybridized carbons (Fsp3) is 0.619. The van der Waals surface area contributed by atoms with Gasteiger partial charge in [0.15, 0.2) is 5.65 Å². The summed E-state index contributed by atoms with van der Waals surface area (Å²) in [4.78, 5) is 32.0. The van der Waals surface area contributed by atoms with E-state index >= 15 is 0 Å². The molecule has 7 heteroatoms. The molecule has 0 spiro atoms. The monoisotopic (exact) mass is 386 g/mol. The molecule has 2 aromatic heterocycles. The zero-order valence-corrected chi connectivity index (χ0v) is 17.7. The van der Waals surface area contributed by atoms with Crippen molar-refractivity contribution < 1.29 is 14.3 Å². The van der Waals surface area contributed by atoms with Gasteiger partial charge >= 0.3 is 5.97 Å². The number of aryl methyl sites for hydroxylation is 1. The van der Waals surface area contributed by atoms with Gasteiger partial charge < -0.3 is 9.64 Å². The Bertz CT molecular complexity index is 895. The first-order valence-corrected chi connectivity index (χ1v) is 9.94. The number of aromatic nitrogens is 3. The van der Waals surface area contributed by atoms with E-state index in [1.165, 1.54) is 0 Å². The molecule has 1 saturated heterocycles. The SMILES string of the molecule is Cc1nc2c(cnn2C(C)C)cc1C(=O)N1CCC[C@@H](C(=O)OC(C)(C)C)C1. The Morgan fingerprint density at radius 3 is 2.64 bits per heavy atom. The van der Waals surface area contributed by atoms with E-state index in [1.807, 2.05) is 52.3 Å². The number of carbonyl (C=O) groups is 2. The van der Waals surface area contributed by atoms with E-state index in [4.69, 9.17) is 4.74 Å². The normalized spacial score (nSPS) is 18.0. The average Bonchev–Trinajstić information content (AvgIpc) is 3.02. The van der Waals surface area contributed by atoms with Crippen LogP contribution in [0.5, 0.6) is 0 Å². The first-order chi connectivity index (χ1) is 13.1. The molecule has 1 fully saturated rings. The van der Waals surface area contributed by atoms with Crippen LogP contribution >= 0.6 is 0 Å². The Hall–Kier alpha value is -2.44. The highest BCUT2D eigenvalue weighted by Gasteiger charge is 2.32. The number of rotatable bonds is 3. The fourth-order valence-electron chi connectivity index (χ4n) is 3.57. The largest absolute Gasteiger partial charge is 0.460 e. The molecule has 0 saturated carbocycles. The Kier molecular flexibility index (Phi) is 5.46. The average molecular weight is 386 g/mol. The van der Waals surface area contributed by atoms with Crippen LogP contribution in [0.2, 0.25) is 0 Å². The molecule has 3 heterocycles. The first kappa shape index (κ1) is 20.3. The molecule has 28 heavy (non-hydrogen) atoms. The molecular weight excluding hydrogens is 356 g/mol. The summed E-state index contributed by atoms with van der Waals surface area (Å²) in [6.07, 6.45) is 3.28. The third kappa shape index (κ3) is 4.18. The van der Waals surface area contributed by atoms with Gasteiger partial charge in [0.1, 0.15) is 5.60 Å². The molecule has 1 atom stereocenters. The maximum Gasteiger partial charge on any atom is 0.311 e. The summed E-state index contributed by atoms with van der Waals surface area (Å²) in [6, 6.07) is 2.06. The molecule has 1 aliphatic rings. The number of ether oxygens (including phenoxy) is 1. The number of fused-ring (bicyclic) bond motifs is 1. The molecule has 0 aromatic carbocycles. The molecule has 0 radical (unpaired) electrons. The molecule has 1 amide bonds. The van der Waals surface area contributed by atoms with Gasteiger partial charge in [0, 0.05) is 24.5 Å². The van der Waals surface area contributed by atoms with Crippen LogP contribution in [-0.4, -0.2) is 50.2 Å². The third-order valence-electron chi connectivity index (χ3n) is 4.93. The highest BCUT2D eigenvalue weighted by atomic mass is 16.6. The van der Waals surface area contributed by atoms with Crippen molar-refractivity contribution in [2.75, 3.05) is 13.1 Å². The zero-order chi connectivity index (χ0) is 20.6. The van der Waals surface area contributed by atoms with Gasteiger partial charge in [-0.3, -0.25) is 9.59 Å². The van der Waals surface area contributed by atoms with E-state index in [1.54, 1.807) is 11.1 Å². The van der Waals surface area contributed by atoms with E-state index in [0.717, 1.165) is 23.9 Å². The molecule has 0 unspecified atom stereocenters. The number of esters is 1. The van der Waals surface area contributed by atoms with Crippen LogP contribution in [0.3, 0.4) is 0 Å². The summed E-state index contributed by atoms with van der Waals surface area (Å²) in [7, 11) is 0. The smallest absolute Gasteiger partial charge is 0.311 e. The van der Waals surface area contributed by atoms with Gasteiger partial charge in [0.2, 0.25) is 0 Å². The second-order valence-corrected chi connectivity index (χ2v) is 8.84. The van der Waals surface area contributed by atoms with Gasteiger partial charge in [0.05, 0.1) is 23.4 Å². The lowest BCUT2D eigenvalue weighted by molar-refractivity contribution is -0.161. The molecule has 0 bridgehead atoms. The molecule has 1 aliphatic heterocycles. The standard InChI is InChI=1S/C21H30N4O3/c1-13(2)25-18-16(11-22-25)10-17(14(3)23-18)19(26)24-9-7-8-15(12-24)20(27)28-21(4,5)6/h10-11,13,15H,7-9,12H2,1-6H3/t15-/m1/s1. The minimum atomic E-state index is -0.522. The topological polar surface area (TPSA) is 77.3 Å². The number of likely N-dealkylation sites (tertiary alicyclic amines) is 1. The summed E-state index contributed by atoms with van der Waals surface area (Å²) in [5.41, 5.74) is 1.51. The molecule has 7 nitrogen and oxygen atoms in total. The van der Waals surface area contributed by atoms with E-state index in [2.05, 4.69) is 10.1 Å². The van der Waals surface area contributed by atoms with Gasteiger partial charge in [-0.05, 0) is 60.5 Å². The summed E-state index contributed by atoms with van der Waals surface area (Å²) in [5.74, 6) is -0.594. The Morgan fingerprint density at radius 1 is 1.29 bits per heavy atom. The second kappa shape index (κ2) is 7.53. The minimum absolute atomic E-state index is 0.0857. The second-order valence-electron chi connectivity index (χ2n) is 8.84. The van der Waals surface area contributed by atoms with Crippen LogP contribution in [0.4, 0.5) is 0 Å². The van der Waals surface area contributed by atoms with E-state index in [-0.39, 0.29) is 23.8 Å². The third-order valence-corrected chi connectivity index (χ3v) is 4.93. The van der Waals surface area contributed by atoms with E-state index in [9.17, 15) is 9.59 Å². The number of piperidine rings is 1. The number of hydrogen-bond donors (Lipinski definition) is 0. The fourth-order valence-corrected chi connectivity index (χ4v) is 3.57. The molecule has 2 aromatic rings. The van der Waals surface area contributed by atoms with E-state index < -0.39 is 5.60 Å². The van der Waals surface area contributed by atoms with Crippen molar-refractivity contribution >= 4 is 22.9 Å². The van der Waals surface area contributed by atoms with Crippen LogP contribution in [0, 0.1) is 12.8 Å². The van der Waals surface area contributed by atoms with Gasteiger partial charge in [0.25, 0.3) is 5.91 Å². The summed E-state index contributed by atoms with van der Waals surface area (Å²) in [5, 5.41) is 5.24. The van der Waals surface area contributed by atoms with E-state index in [0.29, 0.717) is 24.3 Å². The molecule has 152 valence electrons. The van der Waals surface area contributed by atoms with Crippen molar-refractivity contribution in [2.24, 2.45) is 5.92 Å². The van der Waals surface area contributed by atoms with Crippen molar-refractivity contribution in [3.8, 4) is 0 Å². The van der Waals surface area contributed by atoms with Crippen LogP contribution in [0.15, 0.2) is 12.3 Å². The van der Waals surface area contributed by atoms with Crippen LogP contribution < -0.4 is 0 Å². The van der Waals surface area contributed by atoms with Crippen LogP contribution in [0.1, 0.15) is 69.6 Å². The Labute approximate surface area is 166 Å². The number of pyridine rings is 1. The summed E-state index contributed by atoms with van der Waals surface area (Å²) >= 11 is 0. The molecular formula is C21H30N4O3. The highest BCUT2D eigenvalue weighted by Crippen LogP contribution is 2.25. The summed E-state index contributed by atoms with van der Waals surface area (Å²) in [6.45, 7) is 12.5. The van der Waals surface area contributed by atoms with Crippen molar-refractivity contribution in [2.45, 2.75) is 66.0 Å². The maximum absolute atomic E-state index is 13.2. The molecule has 0 aliphatic carbocycles. The Balaban J connectivity index is 1.81. The minimum Gasteiger partial charge on any atom is -0.460 e.